The molecule has 0 aromatic carbocycles. The van der Waals surface area contributed by atoms with E-state index in [1.54, 1.807) is 7.11 Å². The fraction of sp³-hybridized carbons (Fsp3) is 0.917. The summed E-state index contributed by atoms with van der Waals surface area (Å²) in [7, 11) is 3.09. The highest BCUT2D eigenvalue weighted by Crippen LogP contribution is 2.28. The van der Waals surface area contributed by atoms with Gasteiger partial charge in [-0.05, 0) is 39.2 Å². The Morgan fingerprint density at radius 2 is 2.06 bits per heavy atom. The quantitative estimate of drug-likeness (QED) is 0.669. The lowest BCUT2D eigenvalue weighted by atomic mass is 9.98. The fourth-order valence-electron chi connectivity index (χ4n) is 1.59. The molecule has 0 amide bonds. The lowest BCUT2D eigenvalue weighted by Gasteiger charge is -2.27. The van der Waals surface area contributed by atoms with Crippen molar-refractivity contribution in [1.82, 2.24) is 5.32 Å². The van der Waals surface area contributed by atoms with Gasteiger partial charge in [-0.2, -0.15) is 0 Å². The number of carbonyl (C=O) groups excluding carboxylic acids is 1. The topological polar surface area (TPSA) is 47.6 Å². The van der Waals surface area contributed by atoms with Gasteiger partial charge in [0.1, 0.15) is 6.04 Å². The van der Waals surface area contributed by atoms with Crippen molar-refractivity contribution in [3.63, 3.8) is 0 Å². The van der Waals surface area contributed by atoms with Crippen molar-refractivity contribution >= 4 is 5.97 Å². The average Bonchev–Trinajstić information content (AvgIpc) is 3.06. The van der Waals surface area contributed by atoms with E-state index >= 15 is 0 Å². The highest BCUT2D eigenvalue weighted by atomic mass is 16.5. The number of carbonyl (C=O) groups is 1. The summed E-state index contributed by atoms with van der Waals surface area (Å²) in [6.07, 6.45) is 3.17. The van der Waals surface area contributed by atoms with Crippen LogP contribution in [-0.4, -0.2) is 38.4 Å². The molecular formula is C12H23NO3. The second-order valence-corrected chi connectivity index (χ2v) is 5.10. The molecule has 16 heavy (non-hydrogen) atoms. The molecule has 1 aliphatic carbocycles. The third-order valence-electron chi connectivity index (χ3n) is 3.08. The third kappa shape index (κ3) is 4.49. The summed E-state index contributed by atoms with van der Waals surface area (Å²) in [6.45, 7) is 4.85. The largest absolute Gasteiger partial charge is 0.468 e. The molecule has 0 radical (unpaired) electrons. The Kier molecular flexibility index (Phi) is 4.74. The van der Waals surface area contributed by atoms with Gasteiger partial charge in [0.25, 0.3) is 0 Å². The highest BCUT2D eigenvalue weighted by Gasteiger charge is 2.30. The standard InChI is InChI=1S/C12H23NO3/c1-12(2,16-4)7-10(11(14)15-3)13-8-9-5-6-9/h9-10,13H,5-8H2,1-4H3. The summed E-state index contributed by atoms with van der Waals surface area (Å²) in [4.78, 5) is 11.6. The van der Waals surface area contributed by atoms with Crippen molar-refractivity contribution in [3.8, 4) is 0 Å². The van der Waals surface area contributed by atoms with E-state index in [0.29, 0.717) is 6.42 Å². The molecule has 1 atom stereocenters. The SMILES string of the molecule is COC(=O)C(CC(C)(C)OC)NCC1CC1. The number of methoxy groups -OCH3 is 2. The Hall–Kier alpha value is -0.610. The van der Waals surface area contributed by atoms with E-state index in [1.165, 1.54) is 20.0 Å². The van der Waals surface area contributed by atoms with Crippen LogP contribution in [0, 0.1) is 5.92 Å². The Morgan fingerprint density at radius 1 is 1.44 bits per heavy atom. The second kappa shape index (κ2) is 5.64. The average molecular weight is 229 g/mol. The first kappa shape index (κ1) is 13.5. The van der Waals surface area contributed by atoms with E-state index in [-0.39, 0.29) is 17.6 Å². The molecule has 4 nitrogen and oxygen atoms in total. The number of hydrogen-bond donors (Lipinski definition) is 1. The van der Waals surface area contributed by atoms with Crippen molar-refractivity contribution in [1.29, 1.82) is 0 Å². The van der Waals surface area contributed by atoms with Gasteiger partial charge in [0.05, 0.1) is 12.7 Å². The Bertz CT molecular complexity index is 236. The van der Waals surface area contributed by atoms with Crippen LogP contribution in [0.2, 0.25) is 0 Å². The lowest BCUT2D eigenvalue weighted by molar-refractivity contribution is -0.145. The van der Waals surface area contributed by atoms with E-state index in [0.717, 1.165) is 12.5 Å². The van der Waals surface area contributed by atoms with Gasteiger partial charge in [-0.3, -0.25) is 4.79 Å². The first-order chi connectivity index (χ1) is 7.48. The molecule has 1 unspecified atom stereocenters. The number of rotatable bonds is 7. The van der Waals surface area contributed by atoms with Crippen molar-refractivity contribution in [2.24, 2.45) is 5.92 Å². The molecule has 1 saturated carbocycles. The summed E-state index contributed by atoms with van der Waals surface area (Å²) in [5, 5.41) is 3.27. The minimum Gasteiger partial charge on any atom is -0.468 e. The molecule has 0 heterocycles. The maximum absolute atomic E-state index is 11.6. The van der Waals surface area contributed by atoms with Gasteiger partial charge in [-0.25, -0.2) is 0 Å². The molecule has 0 spiro atoms. The van der Waals surface area contributed by atoms with Crippen LogP contribution in [0.1, 0.15) is 33.1 Å². The molecule has 1 aliphatic rings. The number of nitrogens with one attached hydrogen (secondary N) is 1. The van der Waals surface area contributed by atoms with Crippen molar-refractivity contribution in [3.05, 3.63) is 0 Å². The first-order valence-corrected chi connectivity index (χ1v) is 5.85. The Morgan fingerprint density at radius 3 is 2.50 bits per heavy atom. The molecule has 0 bridgehead atoms. The van der Waals surface area contributed by atoms with Crippen LogP contribution in [0.15, 0.2) is 0 Å². The maximum atomic E-state index is 11.6. The zero-order valence-corrected chi connectivity index (χ0v) is 10.7. The monoisotopic (exact) mass is 229 g/mol. The van der Waals surface area contributed by atoms with Crippen molar-refractivity contribution in [2.45, 2.75) is 44.8 Å². The zero-order valence-electron chi connectivity index (χ0n) is 10.7. The van der Waals surface area contributed by atoms with Crippen molar-refractivity contribution in [2.75, 3.05) is 20.8 Å². The van der Waals surface area contributed by atoms with E-state index in [1.807, 2.05) is 13.8 Å². The van der Waals surface area contributed by atoms with E-state index in [4.69, 9.17) is 9.47 Å². The van der Waals surface area contributed by atoms with Crippen LogP contribution in [0.25, 0.3) is 0 Å². The third-order valence-corrected chi connectivity index (χ3v) is 3.08. The van der Waals surface area contributed by atoms with Gasteiger partial charge >= 0.3 is 5.97 Å². The number of hydrogen-bond acceptors (Lipinski definition) is 4. The normalized spacial score (nSPS) is 18.2. The van der Waals surface area contributed by atoms with Gasteiger partial charge in [0.2, 0.25) is 0 Å². The molecule has 94 valence electrons. The van der Waals surface area contributed by atoms with E-state index < -0.39 is 0 Å². The van der Waals surface area contributed by atoms with Crippen LogP contribution in [0.3, 0.4) is 0 Å². The predicted octanol–water partition coefficient (Wildman–Crippen LogP) is 1.34. The summed E-state index contributed by atoms with van der Waals surface area (Å²) in [6, 6.07) is -0.263. The highest BCUT2D eigenvalue weighted by molar-refractivity contribution is 5.75. The van der Waals surface area contributed by atoms with Gasteiger partial charge in [-0.1, -0.05) is 0 Å². The predicted molar refractivity (Wildman–Crippen MR) is 62.2 cm³/mol. The second-order valence-electron chi connectivity index (χ2n) is 5.10. The number of esters is 1. The van der Waals surface area contributed by atoms with Gasteiger partial charge in [0, 0.05) is 13.5 Å². The van der Waals surface area contributed by atoms with Crippen LogP contribution in [-0.2, 0) is 14.3 Å². The summed E-state index contributed by atoms with van der Waals surface area (Å²) >= 11 is 0. The summed E-state index contributed by atoms with van der Waals surface area (Å²) in [5.41, 5.74) is -0.310. The minimum atomic E-state index is -0.310. The molecule has 0 saturated heterocycles. The maximum Gasteiger partial charge on any atom is 0.322 e. The fourth-order valence-corrected chi connectivity index (χ4v) is 1.59. The smallest absolute Gasteiger partial charge is 0.322 e. The van der Waals surface area contributed by atoms with Crippen LogP contribution < -0.4 is 5.32 Å². The summed E-state index contributed by atoms with van der Waals surface area (Å²) < 4.78 is 10.1. The zero-order chi connectivity index (χ0) is 12.2. The van der Waals surface area contributed by atoms with Crippen LogP contribution in [0.4, 0.5) is 0 Å². The first-order valence-electron chi connectivity index (χ1n) is 5.85. The van der Waals surface area contributed by atoms with Gasteiger partial charge < -0.3 is 14.8 Å². The molecule has 0 aromatic heterocycles. The molecular weight excluding hydrogens is 206 g/mol. The molecule has 1 fully saturated rings. The Balaban J connectivity index is 2.44. The van der Waals surface area contributed by atoms with Gasteiger partial charge in [0.15, 0.2) is 0 Å². The van der Waals surface area contributed by atoms with Crippen LogP contribution in [0.5, 0.6) is 0 Å². The van der Waals surface area contributed by atoms with E-state index in [2.05, 4.69) is 5.32 Å². The Labute approximate surface area is 97.7 Å². The molecule has 0 aliphatic heterocycles. The molecule has 1 rings (SSSR count). The number of ether oxygens (including phenoxy) is 2. The van der Waals surface area contributed by atoms with Crippen molar-refractivity contribution < 1.29 is 14.3 Å². The van der Waals surface area contributed by atoms with E-state index in [9.17, 15) is 4.79 Å². The van der Waals surface area contributed by atoms with Crippen LogP contribution >= 0.6 is 0 Å². The molecule has 1 N–H and O–H groups in total. The lowest BCUT2D eigenvalue weighted by Crippen LogP contribution is -2.44. The molecule has 0 aromatic rings. The minimum absolute atomic E-state index is 0.203. The summed E-state index contributed by atoms with van der Waals surface area (Å²) in [5.74, 6) is 0.545. The van der Waals surface area contributed by atoms with Gasteiger partial charge in [-0.15, -0.1) is 0 Å². The molecule has 4 heteroatoms.